The van der Waals surface area contributed by atoms with Crippen LogP contribution in [0.4, 0.5) is 0 Å². The number of methoxy groups -OCH3 is 1. The molecule has 23 heavy (non-hydrogen) atoms. The second kappa shape index (κ2) is 6.63. The first kappa shape index (κ1) is 15.3. The fourth-order valence-corrected chi connectivity index (χ4v) is 2.75. The zero-order chi connectivity index (χ0) is 16.1. The lowest BCUT2D eigenvalue weighted by Gasteiger charge is -2.30. The Labute approximate surface area is 136 Å². The quantitative estimate of drug-likeness (QED) is 0.783. The van der Waals surface area contributed by atoms with Crippen LogP contribution in [0.25, 0.3) is 0 Å². The van der Waals surface area contributed by atoms with Crippen molar-refractivity contribution < 1.29 is 9.84 Å². The van der Waals surface area contributed by atoms with E-state index in [4.69, 9.17) is 4.74 Å². The van der Waals surface area contributed by atoms with E-state index in [0.29, 0.717) is 6.42 Å². The lowest BCUT2D eigenvalue weighted by molar-refractivity contribution is 0.0811. The summed E-state index contributed by atoms with van der Waals surface area (Å²) >= 11 is 0. The van der Waals surface area contributed by atoms with Crippen LogP contribution in [0.5, 0.6) is 5.75 Å². The van der Waals surface area contributed by atoms with Crippen LogP contribution in [0.3, 0.4) is 0 Å². The molecule has 0 radical (unpaired) electrons. The van der Waals surface area contributed by atoms with Crippen molar-refractivity contribution in [3.05, 3.63) is 95.8 Å². The first-order valence-electron chi connectivity index (χ1n) is 7.54. The summed E-state index contributed by atoms with van der Waals surface area (Å²) in [5.41, 5.74) is 1.62. The van der Waals surface area contributed by atoms with Crippen molar-refractivity contribution in [1.29, 1.82) is 0 Å². The van der Waals surface area contributed by atoms with E-state index in [1.54, 1.807) is 19.5 Å². The minimum atomic E-state index is -1.10. The summed E-state index contributed by atoms with van der Waals surface area (Å²) in [6.07, 6.45) is 3.97. The molecule has 1 aromatic heterocycles. The predicted octanol–water partition coefficient (Wildman–Crippen LogP) is 3.57. The predicted molar refractivity (Wildman–Crippen MR) is 90.4 cm³/mol. The SMILES string of the molecule is COc1ccc([C@](O)(Cc2ccncc2)c2ccccc2)cc1. The molecule has 0 saturated carbocycles. The summed E-state index contributed by atoms with van der Waals surface area (Å²) in [6.45, 7) is 0. The highest BCUT2D eigenvalue weighted by Gasteiger charge is 2.31. The maximum atomic E-state index is 11.5. The normalized spacial score (nSPS) is 13.3. The molecular formula is C20H19NO2. The van der Waals surface area contributed by atoms with E-state index < -0.39 is 5.60 Å². The van der Waals surface area contributed by atoms with Gasteiger partial charge in [0, 0.05) is 18.8 Å². The largest absolute Gasteiger partial charge is 0.497 e. The van der Waals surface area contributed by atoms with Gasteiger partial charge in [0.15, 0.2) is 0 Å². The zero-order valence-electron chi connectivity index (χ0n) is 13.0. The first-order chi connectivity index (χ1) is 11.2. The van der Waals surface area contributed by atoms with Crippen LogP contribution in [0, 0.1) is 0 Å². The molecule has 1 heterocycles. The molecule has 0 aliphatic heterocycles. The van der Waals surface area contributed by atoms with Gasteiger partial charge in [-0.05, 0) is 41.0 Å². The van der Waals surface area contributed by atoms with E-state index in [1.807, 2.05) is 66.7 Å². The van der Waals surface area contributed by atoms with Crippen molar-refractivity contribution in [2.45, 2.75) is 12.0 Å². The van der Waals surface area contributed by atoms with Crippen LogP contribution in [-0.4, -0.2) is 17.2 Å². The van der Waals surface area contributed by atoms with Gasteiger partial charge in [0.05, 0.1) is 7.11 Å². The highest BCUT2D eigenvalue weighted by atomic mass is 16.5. The topological polar surface area (TPSA) is 42.4 Å². The molecule has 3 heteroatoms. The lowest BCUT2D eigenvalue weighted by Crippen LogP contribution is -2.30. The number of aliphatic hydroxyl groups is 1. The number of hydrogen-bond acceptors (Lipinski definition) is 3. The molecule has 2 aromatic carbocycles. The number of rotatable bonds is 5. The molecule has 0 aliphatic carbocycles. The van der Waals surface area contributed by atoms with Crippen LogP contribution < -0.4 is 4.74 Å². The number of benzene rings is 2. The number of aromatic nitrogens is 1. The molecule has 3 nitrogen and oxygen atoms in total. The summed E-state index contributed by atoms with van der Waals surface area (Å²) in [5.74, 6) is 0.771. The monoisotopic (exact) mass is 305 g/mol. The summed E-state index contributed by atoms with van der Waals surface area (Å²) in [4.78, 5) is 4.05. The molecule has 3 rings (SSSR count). The van der Waals surface area contributed by atoms with Gasteiger partial charge in [-0.25, -0.2) is 0 Å². The number of nitrogens with zero attached hydrogens (tertiary/aromatic N) is 1. The highest BCUT2D eigenvalue weighted by molar-refractivity contribution is 5.40. The summed E-state index contributed by atoms with van der Waals surface area (Å²) < 4.78 is 5.22. The average Bonchev–Trinajstić information content (AvgIpc) is 2.63. The van der Waals surface area contributed by atoms with Crippen molar-refractivity contribution in [1.82, 2.24) is 4.98 Å². The number of pyridine rings is 1. The molecule has 1 N–H and O–H groups in total. The maximum absolute atomic E-state index is 11.5. The van der Waals surface area contributed by atoms with Crippen LogP contribution in [-0.2, 0) is 12.0 Å². The third-order valence-electron chi connectivity index (χ3n) is 4.03. The fourth-order valence-electron chi connectivity index (χ4n) is 2.75. The van der Waals surface area contributed by atoms with Gasteiger partial charge in [-0.2, -0.15) is 0 Å². The molecule has 0 saturated heterocycles. The van der Waals surface area contributed by atoms with Gasteiger partial charge in [-0.15, -0.1) is 0 Å². The Hall–Kier alpha value is -2.65. The summed E-state index contributed by atoms with van der Waals surface area (Å²) in [6, 6.07) is 21.1. The van der Waals surface area contributed by atoms with E-state index >= 15 is 0 Å². The van der Waals surface area contributed by atoms with Crippen molar-refractivity contribution in [2.75, 3.05) is 7.11 Å². The molecule has 0 unspecified atom stereocenters. The Morgan fingerprint density at radius 3 is 2.09 bits per heavy atom. The summed E-state index contributed by atoms with van der Waals surface area (Å²) in [5, 5.41) is 11.5. The fraction of sp³-hybridized carbons (Fsp3) is 0.150. The Bertz CT molecular complexity index is 742. The Kier molecular flexibility index (Phi) is 4.40. The number of ether oxygens (including phenoxy) is 1. The third-order valence-corrected chi connectivity index (χ3v) is 4.03. The van der Waals surface area contributed by atoms with Gasteiger partial charge in [0.1, 0.15) is 11.4 Å². The van der Waals surface area contributed by atoms with Crippen molar-refractivity contribution in [3.63, 3.8) is 0 Å². The molecule has 0 aliphatic rings. The molecule has 3 aromatic rings. The minimum absolute atomic E-state index is 0.478. The molecule has 0 bridgehead atoms. The third kappa shape index (κ3) is 3.25. The van der Waals surface area contributed by atoms with Crippen LogP contribution in [0.2, 0.25) is 0 Å². The Balaban J connectivity index is 2.05. The van der Waals surface area contributed by atoms with E-state index in [1.165, 1.54) is 0 Å². The van der Waals surface area contributed by atoms with Crippen LogP contribution in [0.1, 0.15) is 16.7 Å². The maximum Gasteiger partial charge on any atom is 0.119 e. The summed E-state index contributed by atoms with van der Waals surface area (Å²) in [7, 11) is 1.63. The smallest absolute Gasteiger partial charge is 0.119 e. The molecular weight excluding hydrogens is 286 g/mol. The van der Waals surface area contributed by atoms with Gasteiger partial charge >= 0.3 is 0 Å². The molecule has 0 amide bonds. The van der Waals surface area contributed by atoms with E-state index in [2.05, 4.69) is 4.98 Å². The molecule has 0 spiro atoms. The van der Waals surface area contributed by atoms with Gasteiger partial charge in [0.2, 0.25) is 0 Å². The zero-order valence-corrected chi connectivity index (χ0v) is 13.0. The second-order valence-electron chi connectivity index (χ2n) is 5.49. The standard InChI is InChI=1S/C20H19NO2/c1-23-19-9-7-18(8-10-19)20(22,17-5-3-2-4-6-17)15-16-11-13-21-14-12-16/h2-14,22H,15H2,1H3/t20-/m0/s1. The average molecular weight is 305 g/mol. The van der Waals surface area contributed by atoms with Crippen molar-refractivity contribution in [3.8, 4) is 5.75 Å². The molecule has 1 atom stereocenters. The lowest BCUT2D eigenvalue weighted by atomic mass is 9.81. The van der Waals surface area contributed by atoms with E-state index in [-0.39, 0.29) is 0 Å². The van der Waals surface area contributed by atoms with Crippen LogP contribution >= 0.6 is 0 Å². The Morgan fingerprint density at radius 1 is 0.870 bits per heavy atom. The van der Waals surface area contributed by atoms with E-state index in [9.17, 15) is 5.11 Å². The van der Waals surface area contributed by atoms with Crippen molar-refractivity contribution in [2.24, 2.45) is 0 Å². The highest BCUT2D eigenvalue weighted by Crippen LogP contribution is 2.34. The van der Waals surface area contributed by atoms with Gasteiger partial charge in [0.25, 0.3) is 0 Å². The molecule has 116 valence electrons. The second-order valence-corrected chi connectivity index (χ2v) is 5.49. The van der Waals surface area contributed by atoms with Gasteiger partial charge in [-0.1, -0.05) is 42.5 Å². The first-order valence-corrected chi connectivity index (χ1v) is 7.54. The Morgan fingerprint density at radius 2 is 1.48 bits per heavy atom. The van der Waals surface area contributed by atoms with Gasteiger partial charge in [-0.3, -0.25) is 4.98 Å². The minimum Gasteiger partial charge on any atom is -0.497 e. The molecule has 0 fully saturated rings. The van der Waals surface area contributed by atoms with Crippen LogP contribution in [0.15, 0.2) is 79.1 Å². The van der Waals surface area contributed by atoms with E-state index in [0.717, 1.165) is 22.4 Å². The number of hydrogen-bond donors (Lipinski definition) is 1. The van der Waals surface area contributed by atoms with Crippen molar-refractivity contribution >= 4 is 0 Å². The van der Waals surface area contributed by atoms with Gasteiger partial charge < -0.3 is 9.84 Å².